The Morgan fingerprint density at radius 1 is 0.966 bits per heavy atom. The molecule has 0 aromatic heterocycles. The van der Waals surface area contributed by atoms with Gasteiger partial charge >= 0.3 is 0 Å². The number of carbonyl (C=O) groups is 1. The lowest BCUT2D eigenvalue weighted by Crippen LogP contribution is -2.14. The monoisotopic (exact) mass is 438 g/mol. The Kier molecular flexibility index (Phi) is 7.07. The van der Waals surface area contributed by atoms with E-state index in [1.807, 2.05) is 19.9 Å². The molecule has 0 heterocycles. The number of hydrogen-bond donors (Lipinski definition) is 2. The molecule has 0 unspecified atom stereocenters. The first-order valence-electron chi connectivity index (χ1n) is 9.03. The Bertz CT molecular complexity index is 1110. The first kappa shape index (κ1) is 22.9. The minimum absolute atomic E-state index is 0.0571. The zero-order chi connectivity index (χ0) is 21.8. The predicted octanol–water partition coefficient (Wildman–Crippen LogP) is 3.09. The summed E-state index contributed by atoms with van der Waals surface area (Å²) in [6.45, 7) is 4.23. The highest BCUT2D eigenvalue weighted by molar-refractivity contribution is 7.91. The van der Waals surface area contributed by atoms with Crippen molar-refractivity contribution in [3.63, 3.8) is 0 Å². The van der Waals surface area contributed by atoms with Crippen LogP contribution < -0.4 is 10.6 Å². The Labute approximate surface area is 172 Å². The minimum atomic E-state index is -3.64. The number of hydrogen-bond acceptors (Lipinski definition) is 6. The molecule has 0 radical (unpaired) electrons. The van der Waals surface area contributed by atoms with Gasteiger partial charge in [-0.15, -0.1) is 0 Å². The van der Waals surface area contributed by atoms with Crippen molar-refractivity contribution >= 4 is 37.0 Å². The highest BCUT2D eigenvalue weighted by Crippen LogP contribution is 2.26. The minimum Gasteiger partial charge on any atom is -0.380 e. The first-order chi connectivity index (χ1) is 13.4. The highest BCUT2D eigenvalue weighted by Gasteiger charge is 2.18. The van der Waals surface area contributed by atoms with Gasteiger partial charge in [0.05, 0.1) is 15.5 Å². The zero-order valence-corrected chi connectivity index (χ0v) is 18.5. The summed E-state index contributed by atoms with van der Waals surface area (Å²) < 4.78 is 47.7. The van der Waals surface area contributed by atoms with Crippen LogP contribution in [0.25, 0.3) is 0 Å². The molecule has 9 heteroatoms. The molecule has 0 spiro atoms. The van der Waals surface area contributed by atoms with Crippen LogP contribution in [-0.2, 0) is 31.0 Å². The van der Waals surface area contributed by atoms with Crippen LogP contribution in [0.4, 0.5) is 11.4 Å². The lowest BCUT2D eigenvalue weighted by atomic mass is 10.1. The third-order valence-corrected chi connectivity index (χ3v) is 6.31. The second kappa shape index (κ2) is 8.96. The maximum Gasteiger partial charge on any atom is 0.224 e. The van der Waals surface area contributed by atoms with Crippen molar-refractivity contribution in [3.8, 4) is 0 Å². The molecule has 7 nitrogen and oxygen atoms in total. The molecule has 0 aliphatic carbocycles. The van der Waals surface area contributed by atoms with Gasteiger partial charge in [0, 0.05) is 31.2 Å². The van der Waals surface area contributed by atoms with Gasteiger partial charge in [0.2, 0.25) is 5.91 Å². The molecule has 2 rings (SSSR count). The first-order valence-corrected chi connectivity index (χ1v) is 12.8. The molecule has 2 aromatic rings. The summed E-state index contributed by atoms with van der Waals surface area (Å²) in [5.41, 5.74) is 1.80. The number of rotatable bonds is 8. The third kappa shape index (κ3) is 6.86. The molecule has 0 aliphatic rings. The number of anilines is 2. The van der Waals surface area contributed by atoms with Gasteiger partial charge in [-0.2, -0.15) is 0 Å². The Morgan fingerprint density at radius 3 is 2.24 bits per heavy atom. The molecular weight excluding hydrogens is 412 g/mol. The van der Waals surface area contributed by atoms with E-state index >= 15 is 0 Å². The SMILES string of the molecule is CC(C)CC(=O)Nc1cccc(CNc2ccc(S(C)(=O)=O)cc2S(C)(=O)=O)c1. The lowest BCUT2D eigenvalue weighted by molar-refractivity contribution is -0.116. The van der Waals surface area contributed by atoms with E-state index in [4.69, 9.17) is 0 Å². The van der Waals surface area contributed by atoms with Gasteiger partial charge in [0.15, 0.2) is 19.7 Å². The summed E-state index contributed by atoms with van der Waals surface area (Å²) in [4.78, 5) is 11.8. The fraction of sp³-hybridized carbons (Fsp3) is 0.350. The lowest BCUT2D eigenvalue weighted by Gasteiger charge is -2.13. The molecule has 0 saturated carbocycles. The predicted molar refractivity (Wildman–Crippen MR) is 115 cm³/mol. The van der Waals surface area contributed by atoms with Crippen LogP contribution in [-0.4, -0.2) is 35.3 Å². The smallest absolute Gasteiger partial charge is 0.224 e. The molecule has 29 heavy (non-hydrogen) atoms. The molecule has 0 aliphatic heterocycles. The maximum atomic E-state index is 12.1. The fourth-order valence-corrected chi connectivity index (χ4v) is 4.33. The van der Waals surface area contributed by atoms with E-state index in [1.54, 1.807) is 18.2 Å². The van der Waals surface area contributed by atoms with Crippen molar-refractivity contribution < 1.29 is 21.6 Å². The maximum absolute atomic E-state index is 12.1. The van der Waals surface area contributed by atoms with Gasteiger partial charge in [-0.1, -0.05) is 26.0 Å². The van der Waals surface area contributed by atoms with Gasteiger partial charge in [0.25, 0.3) is 0 Å². The summed E-state index contributed by atoms with van der Waals surface area (Å²) in [6.07, 6.45) is 2.48. The average Bonchev–Trinajstić information content (AvgIpc) is 2.57. The van der Waals surface area contributed by atoms with Crippen molar-refractivity contribution in [1.82, 2.24) is 0 Å². The normalized spacial score (nSPS) is 12.0. The third-order valence-electron chi connectivity index (χ3n) is 4.07. The largest absolute Gasteiger partial charge is 0.380 e. The molecule has 1 amide bonds. The number of sulfone groups is 2. The number of nitrogens with one attached hydrogen (secondary N) is 2. The fourth-order valence-electron chi connectivity index (χ4n) is 2.73. The van der Waals surface area contributed by atoms with Crippen LogP contribution in [0.15, 0.2) is 52.3 Å². The summed E-state index contributed by atoms with van der Waals surface area (Å²) in [5, 5.41) is 5.88. The molecule has 2 N–H and O–H groups in total. The molecule has 0 fully saturated rings. The van der Waals surface area contributed by atoms with Crippen LogP contribution in [0.1, 0.15) is 25.8 Å². The summed E-state index contributed by atoms with van der Waals surface area (Å²) in [5.74, 6) is 0.185. The van der Waals surface area contributed by atoms with Crippen LogP contribution in [0.5, 0.6) is 0 Å². The van der Waals surface area contributed by atoms with E-state index in [2.05, 4.69) is 10.6 Å². The standard InChI is InChI=1S/C20H26N2O5S2/c1-14(2)10-20(23)22-16-7-5-6-15(11-16)13-21-18-9-8-17(28(3,24)25)12-19(18)29(4,26)27/h5-9,11-12,14,21H,10,13H2,1-4H3,(H,22,23). The van der Waals surface area contributed by atoms with Gasteiger partial charge in [0.1, 0.15) is 0 Å². The van der Waals surface area contributed by atoms with E-state index in [1.165, 1.54) is 12.1 Å². The number of benzene rings is 2. The van der Waals surface area contributed by atoms with Crippen molar-refractivity contribution in [3.05, 3.63) is 48.0 Å². The highest BCUT2D eigenvalue weighted by atomic mass is 32.2. The van der Waals surface area contributed by atoms with E-state index < -0.39 is 19.7 Å². The Balaban J connectivity index is 2.22. The van der Waals surface area contributed by atoms with Crippen molar-refractivity contribution in [2.75, 3.05) is 23.1 Å². The van der Waals surface area contributed by atoms with Gasteiger partial charge in [-0.05, 0) is 41.8 Å². The topological polar surface area (TPSA) is 109 Å². The van der Waals surface area contributed by atoms with E-state index in [-0.39, 0.29) is 21.6 Å². The number of amides is 1. The Morgan fingerprint density at radius 2 is 1.66 bits per heavy atom. The van der Waals surface area contributed by atoms with Gasteiger partial charge in [-0.25, -0.2) is 16.8 Å². The molecule has 0 atom stereocenters. The second-order valence-corrected chi connectivity index (χ2v) is 11.4. The second-order valence-electron chi connectivity index (χ2n) is 7.40. The molecule has 158 valence electrons. The van der Waals surface area contributed by atoms with Crippen LogP contribution in [0, 0.1) is 5.92 Å². The quantitative estimate of drug-likeness (QED) is 0.655. The van der Waals surface area contributed by atoms with Crippen molar-refractivity contribution in [1.29, 1.82) is 0 Å². The van der Waals surface area contributed by atoms with Crippen molar-refractivity contribution in [2.24, 2.45) is 5.92 Å². The van der Waals surface area contributed by atoms with Crippen LogP contribution >= 0.6 is 0 Å². The molecule has 2 aromatic carbocycles. The van der Waals surface area contributed by atoms with Gasteiger partial charge < -0.3 is 10.6 Å². The summed E-state index contributed by atoms with van der Waals surface area (Å²) in [7, 11) is -7.17. The van der Waals surface area contributed by atoms with Gasteiger partial charge in [-0.3, -0.25) is 4.79 Å². The Hall–Kier alpha value is -2.39. The van der Waals surface area contributed by atoms with E-state index in [0.29, 0.717) is 24.3 Å². The van der Waals surface area contributed by atoms with Crippen LogP contribution in [0.3, 0.4) is 0 Å². The van der Waals surface area contributed by atoms with Crippen molar-refractivity contribution in [2.45, 2.75) is 36.6 Å². The molecular formula is C20H26N2O5S2. The molecule has 0 bridgehead atoms. The average molecular weight is 439 g/mol. The summed E-state index contributed by atoms with van der Waals surface area (Å²) >= 11 is 0. The summed E-state index contributed by atoms with van der Waals surface area (Å²) in [6, 6.07) is 11.2. The molecule has 0 saturated heterocycles. The zero-order valence-electron chi connectivity index (χ0n) is 16.9. The number of carbonyl (C=O) groups excluding carboxylic acids is 1. The van der Waals surface area contributed by atoms with E-state index in [0.717, 1.165) is 24.1 Å². The van der Waals surface area contributed by atoms with E-state index in [9.17, 15) is 21.6 Å². The van der Waals surface area contributed by atoms with Crippen LogP contribution in [0.2, 0.25) is 0 Å².